The lowest BCUT2D eigenvalue weighted by Crippen LogP contribution is -2.28. The Bertz CT molecular complexity index is 932. The lowest BCUT2D eigenvalue weighted by atomic mass is 9.93. The van der Waals surface area contributed by atoms with E-state index in [1.54, 1.807) is 24.3 Å². The fourth-order valence-electron chi connectivity index (χ4n) is 2.85. The molecule has 2 aromatic carbocycles. The molecule has 0 bridgehead atoms. The quantitative estimate of drug-likeness (QED) is 0.789. The van der Waals surface area contributed by atoms with E-state index in [1.807, 2.05) is 51.1 Å². The fraction of sp³-hybridized carbons (Fsp3) is 0.273. The third-order valence-electron chi connectivity index (χ3n) is 4.38. The molecule has 0 saturated heterocycles. The van der Waals surface area contributed by atoms with Crippen LogP contribution < -0.4 is 5.32 Å². The average Bonchev–Trinajstić information content (AvgIpc) is 2.65. The van der Waals surface area contributed by atoms with Crippen molar-refractivity contribution in [1.82, 2.24) is 0 Å². The molecule has 2 aromatic rings. The highest BCUT2D eigenvalue weighted by atomic mass is 16.2. The number of nitrogens with zero attached hydrogens (tertiary/aromatic N) is 2. The van der Waals surface area contributed by atoms with E-state index < -0.39 is 17.6 Å². The molecule has 0 aliphatic rings. The van der Waals surface area contributed by atoms with E-state index in [0.29, 0.717) is 11.3 Å². The van der Waals surface area contributed by atoms with Crippen LogP contribution in [0.15, 0.2) is 42.5 Å². The van der Waals surface area contributed by atoms with Crippen LogP contribution in [-0.2, 0) is 16.0 Å². The van der Waals surface area contributed by atoms with Gasteiger partial charge in [0.2, 0.25) is 5.78 Å². The molecular formula is C22H21N3O2. The number of hydrogen-bond acceptors (Lipinski definition) is 4. The van der Waals surface area contributed by atoms with E-state index in [9.17, 15) is 14.9 Å². The van der Waals surface area contributed by atoms with Gasteiger partial charge in [-0.05, 0) is 35.1 Å². The molecular weight excluding hydrogens is 338 g/mol. The summed E-state index contributed by atoms with van der Waals surface area (Å²) in [6, 6.07) is 16.2. The topological polar surface area (TPSA) is 93.8 Å². The smallest absolute Gasteiger partial charge is 0.293 e. The van der Waals surface area contributed by atoms with Crippen molar-refractivity contribution in [3.8, 4) is 12.1 Å². The molecule has 1 N–H and O–H groups in total. The van der Waals surface area contributed by atoms with E-state index >= 15 is 0 Å². The molecule has 0 heterocycles. The number of carbonyl (C=O) groups is 2. The Morgan fingerprint density at radius 3 is 2.30 bits per heavy atom. The normalized spacial score (nSPS) is 11.3. The van der Waals surface area contributed by atoms with E-state index in [4.69, 9.17) is 5.26 Å². The zero-order valence-electron chi connectivity index (χ0n) is 15.6. The molecule has 1 amide bonds. The van der Waals surface area contributed by atoms with Gasteiger partial charge in [0.15, 0.2) is 0 Å². The Morgan fingerprint density at radius 1 is 1.07 bits per heavy atom. The van der Waals surface area contributed by atoms with Gasteiger partial charge in [-0.2, -0.15) is 10.5 Å². The molecule has 136 valence electrons. The van der Waals surface area contributed by atoms with Crippen LogP contribution in [0.1, 0.15) is 47.9 Å². The molecule has 27 heavy (non-hydrogen) atoms. The van der Waals surface area contributed by atoms with Crippen LogP contribution in [0.25, 0.3) is 0 Å². The van der Waals surface area contributed by atoms with Gasteiger partial charge in [-0.15, -0.1) is 0 Å². The average molecular weight is 359 g/mol. The minimum Gasteiger partial charge on any atom is -0.319 e. The first-order valence-electron chi connectivity index (χ1n) is 8.69. The van der Waals surface area contributed by atoms with Crippen molar-refractivity contribution in [2.75, 3.05) is 5.32 Å². The monoisotopic (exact) mass is 359 g/mol. The Kier molecular flexibility index (Phi) is 6.46. The van der Waals surface area contributed by atoms with Gasteiger partial charge in [-0.1, -0.05) is 56.3 Å². The number of nitrogens with one attached hydrogen (secondary N) is 1. The van der Waals surface area contributed by atoms with Crippen molar-refractivity contribution < 1.29 is 9.59 Å². The molecule has 1 unspecified atom stereocenters. The van der Waals surface area contributed by atoms with Gasteiger partial charge in [0.1, 0.15) is 5.92 Å². The molecule has 0 aliphatic carbocycles. The van der Waals surface area contributed by atoms with Gasteiger partial charge in [0, 0.05) is 5.69 Å². The molecule has 0 spiro atoms. The highest BCUT2D eigenvalue weighted by Gasteiger charge is 2.28. The van der Waals surface area contributed by atoms with Crippen molar-refractivity contribution >= 4 is 17.4 Å². The zero-order valence-corrected chi connectivity index (χ0v) is 15.6. The molecule has 5 heteroatoms. The number of carbonyl (C=O) groups excluding carboxylic acids is 2. The van der Waals surface area contributed by atoms with Crippen molar-refractivity contribution in [3.05, 3.63) is 64.7 Å². The van der Waals surface area contributed by atoms with Gasteiger partial charge in [-0.25, -0.2) is 0 Å². The lowest BCUT2D eigenvalue weighted by Gasteiger charge is -2.17. The van der Waals surface area contributed by atoms with E-state index in [1.165, 1.54) is 0 Å². The van der Waals surface area contributed by atoms with Crippen LogP contribution in [0.4, 0.5) is 5.69 Å². The summed E-state index contributed by atoms with van der Waals surface area (Å²) in [7, 11) is 0. The van der Waals surface area contributed by atoms with E-state index in [-0.39, 0.29) is 12.3 Å². The minimum atomic E-state index is -1.19. The number of aryl methyl sites for hydroxylation is 1. The maximum absolute atomic E-state index is 12.6. The molecule has 2 rings (SSSR count). The highest BCUT2D eigenvalue weighted by molar-refractivity contribution is 6.43. The van der Waals surface area contributed by atoms with Crippen LogP contribution in [0.2, 0.25) is 0 Å². The largest absolute Gasteiger partial charge is 0.319 e. The summed E-state index contributed by atoms with van der Waals surface area (Å²) in [5.41, 5.74) is 3.64. The van der Waals surface area contributed by atoms with Gasteiger partial charge in [0.25, 0.3) is 5.91 Å². The summed E-state index contributed by atoms with van der Waals surface area (Å²) >= 11 is 0. The summed E-state index contributed by atoms with van der Waals surface area (Å²) in [4.78, 5) is 25.1. The number of nitriles is 2. The third kappa shape index (κ3) is 4.59. The van der Waals surface area contributed by atoms with Crippen molar-refractivity contribution in [1.29, 1.82) is 10.5 Å². The number of rotatable bonds is 6. The number of ketones is 1. The molecule has 0 aliphatic heterocycles. The SMILES string of the molecule is Cc1cccc(C(C)C)c1NC(=O)C(=O)C(C#N)c1ccc(CC#N)cc1. The Hall–Kier alpha value is -3.44. The predicted molar refractivity (Wildman–Crippen MR) is 103 cm³/mol. The van der Waals surface area contributed by atoms with Crippen LogP contribution in [0.3, 0.4) is 0 Å². The zero-order chi connectivity index (χ0) is 20.0. The van der Waals surface area contributed by atoms with Crippen LogP contribution in [0, 0.1) is 29.6 Å². The first-order chi connectivity index (χ1) is 12.9. The lowest BCUT2D eigenvalue weighted by molar-refractivity contribution is -0.135. The molecule has 0 aromatic heterocycles. The number of anilines is 1. The first kappa shape index (κ1) is 19.9. The van der Waals surface area contributed by atoms with Crippen LogP contribution >= 0.6 is 0 Å². The number of hydrogen-bond donors (Lipinski definition) is 1. The van der Waals surface area contributed by atoms with Gasteiger partial charge >= 0.3 is 0 Å². The van der Waals surface area contributed by atoms with Gasteiger partial charge in [-0.3, -0.25) is 9.59 Å². The summed E-state index contributed by atoms with van der Waals surface area (Å²) in [6.07, 6.45) is 0.247. The maximum Gasteiger partial charge on any atom is 0.293 e. The number of para-hydroxylation sites is 1. The van der Waals surface area contributed by atoms with Crippen molar-refractivity contribution in [2.45, 2.75) is 39.0 Å². The second kappa shape index (κ2) is 8.78. The summed E-state index contributed by atoms with van der Waals surface area (Å²) in [5.74, 6) is -2.62. The van der Waals surface area contributed by atoms with Gasteiger partial charge < -0.3 is 5.32 Å². The van der Waals surface area contributed by atoms with E-state index in [2.05, 4.69) is 5.32 Å². The second-order valence-electron chi connectivity index (χ2n) is 6.65. The fourth-order valence-corrected chi connectivity index (χ4v) is 2.85. The van der Waals surface area contributed by atoms with Crippen LogP contribution in [0.5, 0.6) is 0 Å². The number of Topliss-reactive ketones (excluding diaryl/α,β-unsaturated/α-hetero) is 1. The molecule has 0 saturated carbocycles. The third-order valence-corrected chi connectivity index (χ3v) is 4.38. The molecule has 0 fully saturated rings. The maximum atomic E-state index is 12.6. The summed E-state index contributed by atoms with van der Waals surface area (Å²) in [6.45, 7) is 5.88. The van der Waals surface area contributed by atoms with Crippen molar-refractivity contribution in [3.63, 3.8) is 0 Å². The number of amides is 1. The van der Waals surface area contributed by atoms with E-state index in [0.717, 1.165) is 16.7 Å². The van der Waals surface area contributed by atoms with Crippen molar-refractivity contribution in [2.24, 2.45) is 0 Å². The standard InChI is InChI=1S/C22H21N3O2/c1-14(2)18-6-4-5-15(3)20(18)25-22(27)21(26)19(13-24)17-9-7-16(8-10-17)11-12-23/h4-10,14,19H,11H2,1-3H3,(H,25,27). The highest BCUT2D eigenvalue weighted by Crippen LogP contribution is 2.28. The molecule has 1 atom stereocenters. The Morgan fingerprint density at radius 2 is 1.74 bits per heavy atom. The Labute approximate surface area is 159 Å². The predicted octanol–water partition coefficient (Wildman–Crippen LogP) is 4.00. The summed E-state index contributed by atoms with van der Waals surface area (Å²) < 4.78 is 0. The van der Waals surface area contributed by atoms with Gasteiger partial charge in [0.05, 0.1) is 18.6 Å². The van der Waals surface area contributed by atoms with Crippen LogP contribution in [-0.4, -0.2) is 11.7 Å². The minimum absolute atomic E-state index is 0.176. The second-order valence-corrected chi connectivity index (χ2v) is 6.65. The summed E-state index contributed by atoms with van der Waals surface area (Å²) in [5, 5.41) is 20.8. The molecule has 5 nitrogen and oxygen atoms in total. The Balaban J connectivity index is 2.25. The molecule has 0 radical (unpaired) electrons. The number of benzene rings is 2. The first-order valence-corrected chi connectivity index (χ1v) is 8.69.